The lowest BCUT2D eigenvalue weighted by Crippen LogP contribution is -2.38. The Balaban J connectivity index is 1.67. The Morgan fingerprint density at radius 3 is 2.48 bits per heavy atom. The summed E-state index contributed by atoms with van der Waals surface area (Å²) in [7, 11) is 0. The fourth-order valence-corrected chi connectivity index (χ4v) is 3.09. The topological polar surface area (TPSA) is 49.6 Å². The molecule has 4 nitrogen and oxygen atoms in total. The Hall–Kier alpha value is -2.33. The average molecular weight is 309 g/mol. The van der Waals surface area contributed by atoms with Crippen molar-refractivity contribution in [3.63, 3.8) is 0 Å². The molecule has 0 saturated carbocycles. The standard InChI is InChI=1S/C19H23N3O/c20-19(23)22-11-5-10-21(12-13-22)15-16-6-4-9-18(14-16)17-7-2-1-3-8-17/h1-4,6-9,14H,5,10-13,15H2,(H2,20,23). The van der Waals surface area contributed by atoms with Gasteiger partial charge in [-0.3, -0.25) is 4.90 Å². The van der Waals surface area contributed by atoms with Crippen LogP contribution in [0.1, 0.15) is 12.0 Å². The summed E-state index contributed by atoms with van der Waals surface area (Å²) in [5.41, 5.74) is 9.18. The highest BCUT2D eigenvalue weighted by molar-refractivity contribution is 5.72. The molecule has 2 N–H and O–H groups in total. The maximum Gasteiger partial charge on any atom is 0.314 e. The molecule has 1 fully saturated rings. The molecule has 3 rings (SSSR count). The molecule has 0 aliphatic carbocycles. The lowest BCUT2D eigenvalue weighted by atomic mass is 10.0. The monoisotopic (exact) mass is 309 g/mol. The van der Waals surface area contributed by atoms with E-state index < -0.39 is 0 Å². The first-order valence-electron chi connectivity index (χ1n) is 8.13. The summed E-state index contributed by atoms with van der Waals surface area (Å²) in [5.74, 6) is 0. The third kappa shape index (κ3) is 4.11. The Labute approximate surface area is 137 Å². The summed E-state index contributed by atoms with van der Waals surface area (Å²) in [6, 6.07) is 18.8. The second-order valence-electron chi connectivity index (χ2n) is 6.02. The number of amides is 2. The maximum atomic E-state index is 11.3. The third-order valence-electron chi connectivity index (χ3n) is 4.34. The smallest absolute Gasteiger partial charge is 0.314 e. The van der Waals surface area contributed by atoms with E-state index in [1.165, 1.54) is 16.7 Å². The zero-order valence-corrected chi connectivity index (χ0v) is 13.3. The SMILES string of the molecule is NC(=O)N1CCCN(Cc2cccc(-c3ccccc3)c2)CC1. The number of nitrogens with two attached hydrogens (primary N) is 1. The predicted octanol–water partition coefficient (Wildman–Crippen LogP) is 2.94. The summed E-state index contributed by atoms with van der Waals surface area (Å²) >= 11 is 0. The Morgan fingerprint density at radius 1 is 0.913 bits per heavy atom. The minimum absolute atomic E-state index is 0.307. The first kappa shape index (κ1) is 15.6. The number of carbonyl (C=O) groups excluding carboxylic acids is 1. The lowest BCUT2D eigenvalue weighted by molar-refractivity contribution is 0.207. The van der Waals surface area contributed by atoms with E-state index in [4.69, 9.17) is 5.73 Å². The lowest BCUT2D eigenvalue weighted by Gasteiger charge is -2.21. The summed E-state index contributed by atoms with van der Waals surface area (Å²) in [5, 5.41) is 0. The van der Waals surface area contributed by atoms with Crippen molar-refractivity contribution in [3.05, 3.63) is 60.2 Å². The Bertz CT molecular complexity index is 657. The van der Waals surface area contributed by atoms with E-state index in [1.807, 2.05) is 6.07 Å². The number of rotatable bonds is 3. The van der Waals surface area contributed by atoms with E-state index in [0.717, 1.165) is 32.6 Å². The van der Waals surface area contributed by atoms with Gasteiger partial charge in [-0.15, -0.1) is 0 Å². The number of carbonyl (C=O) groups is 1. The van der Waals surface area contributed by atoms with Crippen molar-refractivity contribution in [1.82, 2.24) is 9.80 Å². The first-order valence-corrected chi connectivity index (χ1v) is 8.13. The molecule has 1 aliphatic rings. The molecule has 0 bridgehead atoms. The summed E-state index contributed by atoms with van der Waals surface area (Å²) in [6.07, 6.45) is 0.974. The van der Waals surface area contributed by atoms with Crippen molar-refractivity contribution >= 4 is 6.03 Å². The molecule has 4 heteroatoms. The van der Waals surface area contributed by atoms with Crippen LogP contribution in [0.15, 0.2) is 54.6 Å². The quantitative estimate of drug-likeness (QED) is 0.947. The molecule has 120 valence electrons. The molecule has 1 saturated heterocycles. The van der Waals surface area contributed by atoms with Gasteiger partial charge in [0.25, 0.3) is 0 Å². The second kappa shape index (κ2) is 7.29. The molecule has 2 aromatic carbocycles. The van der Waals surface area contributed by atoms with Gasteiger partial charge >= 0.3 is 6.03 Å². The number of benzene rings is 2. The first-order chi connectivity index (χ1) is 11.2. The molecule has 1 aliphatic heterocycles. The molecule has 0 radical (unpaired) electrons. The zero-order valence-electron chi connectivity index (χ0n) is 13.3. The molecule has 0 spiro atoms. The molecule has 1 heterocycles. The van der Waals surface area contributed by atoms with Gasteiger partial charge in [-0.2, -0.15) is 0 Å². The van der Waals surface area contributed by atoms with Gasteiger partial charge in [0.2, 0.25) is 0 Å². The van der Waals surface area contributed by atoms with Crippen LogP contribution in [-0.2, 0) is 6.54 Å². The molecular weight excluding hydrogens is 286 g/mol. The summed E-state index contributed by atoms with van der Waals surface area (Å²) in [4.78, 5) is 15.4. The molecule has 23 heavy (non-hydrogen) atoms. The van der Waals surface area contributed by atoms with Gasteiger partial charge in [0.05, 0.1) is 0 Å². The van der Waals surface area contributed by atoms with Gasteiger partial charge in [0.15, 0.2) is 0 Å². The highest BCUT2D eigenvalue weighted by Crippen LogP contribution is 2.21. The number of urea groups is 1. The molecule has 2 amide bonds. The van der Waals surface area contributed by atoms with Crippen LogP contribution in [-0.4, -0.2) is 42.0 Å². The van der Waals surface area contributed by atoms with Gasteiger partial charge < -0.3 is 10.6 Å². The van der Waals surface area contributed by atoms with Crippen molar-refractivity contribution in [3.8, 4) is 11.1 Å². The number of hydrogen-bond acceptors (Lipinski definition) is 2. The second-order valence-corrected chi connectivity index (χ2v) is 6.02. The summed E-state index contributed by atoms with van der Waals surface area (Å²) in [6.45, 7) is 4.26. The summed E-state index contributed by atoms with van der Waals surface area (Å²) < 4.78 is 0. The van der Waals surface area contributed by atoms with Crippen LogP contribution in [0.5, 0.6) is 0 Å². The molecule has 0 atom stereocenters. The van der Waals surface area contributed by atoms with Crippen LogP contribution in [0, 0.1) is 0 Å². The number of primary amides is 1. The van der Waals surface area contributed by atoms with Crippen LogP contribution >= 0.6 is 0 Å². The Kier molecular flexibility index (Phi) is 4.93. The molecule has 0 aromatic heterocycles. The van der Waals surface area contributed by atoms with E-state index >= 15 is 0 Å². The van der Waals surface area contributed by atoms with E-state index in [1.54, 1.807) is 4.90 Å². The molecule has 0 unspecified atom stereocenters. The van der Waals surface area contributed by atoms with Crippen LogP contribution in [0.4, 0.5) is 4.79 Å². The van der Waals surface area contributed by atoms with Crippen LogP contribution in [0.3, 0.4) is 0 Å². The van der Waals surface area contributed by atoms with Crippen molar-refractivity contribution in [2.75, 3.05) is 26.2 Å². The van der Waals surface area contributed by atoms with E-state index in [0.29, 0.717) is 6.54 Å². The average Bonchev–Trinajstić information content (AvgIpc) is 2.82. The van der Waals surface area contributed by atoms with Gasteiger partial charge in [-0.05, 0) is 29.2 Å². The van der Waals surface area contributed by atoms with Crippen molar-refractivity contribution in [2.24, 2.45) is 5.73 Å². The predicted molar refractivity (Wildman–Crippen MR) is 92.9 cm³/mol. The van der Waals surface area contributed by atoms with E-state index in [9.17, 15) is 4.79 Å². The van der Waals surface area contributed by atoms with Crippen LogP contribution in [0.25, 0.3) is 11.1 Å². The van der Waals surface area contributed by atoms with Gasteiger partial charge in [0, 0.05) is 32.7 Å². The molecule has 2 aromatic rings. The minimum atomic E-state index is -0.307. The highest BCUT2D eigenvalue weighted by Gasteiger charge is 2.17. The van der Waals surface area contributed by atoms with Gasteiger partial charge in [-0.25, -0.2) is 4.79 Å². The van der Waals surface area contributed by atoms with Gasteiger partial charge in [0.1, 0.15) is 0 Å². The molecular formula is C19H23N3O. The third-order valence-corrected chi connectivity index (χ3v) is 4.34. The largest absolute Gasteiger partial charge is 0.351 e. The van der Waals surface area contributed by atoms with E-state index in [2.05, 4.69) is 53.4 Å². The van der Waals surface area contributed by atoms with Crippen LogP contribution in [0.2, 0.25) is 0 Å². The number of hydrogen-bond donors (Lipinski definition) is 1. The van der Waals surface area contributed by atoms with Crippen molar-refractivity contribution in [2.45, 2.75) is 13.0 Å². The highest BCUT2D eigenvalue weighted by atomic mass is 16.2. The van der Waals surface area contributed by atoms with Crippen LogP contribution < -0.4 is 5.73 Å². The minimum Gasteiger partial charge on any atom is -0.351 e. The van der Waals surface area contributed by atoms with Crippen molar-refractivity contribution in [1.29, 1.82) is 0 Å². The Morgan fingerprint density at radius 2 is 1.70 bits per heavy atom. The van der Waals surface area contributed by atoms with E-state index in [-0.39, 0.29) is 6.03 Å². The van der Waals surface area contributed by atoms with Crippen molar-refractivity contribution < 1.29 is 4.79 Å². The fourth-order valence-electron chi connectivity index (χ4n) is 3.09. The zero-order chi connectivity index (χ0) is 16.1. The fraction of sp³-hybridized carbons (Fsp3) is 0.316. The normalized spacial score (nSPS) is 16.1. The number of nitrogens with zero attached hydrogens (tertiary/aromatic N) is 2. The maximum absolute atomic E-state index is 11.3. The van der Waals surface area contributed by atoms with Gasteiger partial charge in [-0.1, -0.05) is 48.5 Å².